The summed E-state index contributed by atoms with van der Waals surface area (Å²) in [5.41, 5.74) is 8.60. The molecule has 1 saturated carbocycles. The summed E-state index contributed by atoms with van der Waals surface area (Å²) in [6, 6.07) is 2.69. The largest absolute Gasteiger partial charge is 0.368 e. The van der Waals surface area contributed by atoms with Crippen LogP contribution in [0.25, 0.3) is 11.2 Å². The molecule has 20 heavy (non-hydrogen) atoms. The highest BCUT2D eigenvalue weighted by molar-refractivity contribution is 7.07. The van der Waals surface area contributed by atoms with Crippen LogP contribution < -0.4 is 10.6 Å². The number of nitrogens with two attached hydrogens (primary N) is 1. The zero-order valence-corrected chi connectivity index (χ0v) is 11.6. The van der Waals surface area contributed by atoms with Crippen LogP contribution in [0.2, 0.25) is 0 Å². The van der Waals surface area contributed by atoms with E-state index in [2.05, 4.69) is 41.7 Å². The van der Waals surface area contributed by atoms with Crippen molar-refractivity contribution in [1.29, 1.82) is 0 Å². The molecule has 6 nitrogen and oxygen atoms in total. The molecule has 0 amide bonds. The third-order valence-electron chi connectivity index (χ3n) is 3.48. The van der Waals surface area contributed by atoms with E-state index < -0.39 is 0 Å². The van der Waals surface area contributed by atoms with Gasteiger partial charge in [0.05, 0.1) is 6.33 Å². The van der Waals surface area contributed by atoms with Crippen molar-refractivity contribution in [2.24, 2.45) is 0 Å². The number of fused-ring (bicyclic) bond motifs is 1. The summed E-state index contributed by atoms with van der Waals surface area (Å²) in [5, 5.41) is 4.27. The van der Waals surface area contributed by atoms with E-state index in [0.717, 1.165) is 17.9 Å². The van der Waals surface area contributed by atoms with Crippen LogP contribution in [-0.4, -0.2) is 26.0 Å². The first-order valence-corrected chi connectivity index (χ1v) is 7.50. The second kappa shape index (κ2) is 4.45. The second-order valence-corrected chi connectivity index (χ2v) is 5.78. The van der Waals surface area contributed by atoms with Gasteiger partial charge in [-0.15, -0.1) is 0 Å². The van der Waals surface area contributed by atoms with Gasteiger partial charge in [0.2, 0.25) is 5.95 Å². The molecular weight excluding hydrogens is 272 g/mol. The average molecular weight is 286 g/mol. The maximum atomic E-state index is 5.81. The average Bonchev–Trinajstić information content (AvgIpc) is 2.96. The minimum Gasteiger partial charge on any atom is -0.368 e. The standard InChI is InChI=1S/C13H14N6S/c14-13-17-11-10(15-7-16-11)12(18-13)19(9-1-2-9)5-8-3-4-20-6-8/h3-4,6-7,9H,1-2,5H2,(H3,14,15,16,17,18). The lowest BCUT2D eigenvalue weighted by Crippen LogP contribution is -2.26. The highest BCUT2D eigenvalue weighted by Crippen LogP contribution is 2.35. The Labute approximate surface area is 119 Å². The number of hydrogen-bond acceptors (Lipinski definition) is 6. The zero-order valence-electron chi connectivity index (χ0n) is 10.8. The third-order valence-corrected chi connectivity index (χ3v) is 4.21. The van der Waals surface area contributed by atoms with Gasteiger partial charge >= 0.3 is 0 Å². The van der Waals surface area contributed by atoms with E-state index in [4.69, 9.17) is 5.73 Å². The lowest BCUT2D eigenvalue weighted by Gasteiger charge is -2.23. The maximum absolute atomic E-state index is 5.81. The first-order chi connectivity index (χ1) is 9.81. The summed E-state index contributed by atoms with van der Waals surface area (Å²) in [5.74, 6) is 1.13. The Morgan fingerprint density at radius 3 is 3.05 bits per heavy atom. The Bertz CT molecular complexity index is 730. The Hall–Kier alpha value is -2.15. The van der Waals surface area contributed by atoms with E-state index in [1.54, 1.807) is 17.7 Å². The number of H-pyrrole nitrogens is 1. The Kier molecular flexibility index (Phi) is 2.59. The van der Waals surface area contributed by atoms with Crippen molar-refractivity contribution in [3.8, 4) is 0 Å². The summed E-state index contributed by atoms with van der Waals surface area (Å²) in [6.45, 7) is 0.846. The van der Waals surface area contributed by atoms with Crippen LogP contribution in [0.1, 0.15) is 18.4 Å². The first kappa shape index (κ1) is 11.7. The van der Waals surface area contributed by atoms with Crippen LogP contribution in [0.15, 0.2) is 23.2 Å². The number of nitrogens with one attached hydrogen (secondary N) is 1. The number of nitrogen functional groups attached to an aromatic ring is 1. The van der Waals surface area contributed by atoms with Crippen molar-refractivity contribution in [2.45, 2.75) is 25.4 Å². The molecule has 1 fully saturated rings. The Balaban J connectivity index is 1.79. The van der Waals surface area contributed by atoms with Gasteiger partial charge < -0.3 is 15.6 Å². The summed E-state index contributed by atoms with van der Waals surface area (Å²) in [6.07, 6.45) is 4.03. The minimum absolute atomic E-state index is 0.274. The van der Waals surface area contributed by atoms with Crippen LogP contribution in [0.5, 0.6) is 0 Å². The monoisotopic (exact) mass is 286 g/mol. The summed E-state index contributed by atoms with van der Waals surface area (Å²) < 4.78 is 0. The minimum atomic E-state index is 0.274. The molecule has 0 unspecified atom stereocenters. The molecule has 4 rings (SSSR count). The van der Waals surface area contributed by atoms with Crippen LogP contribution in [0.3, 0.4) is 0 Å². The van der Waals surface area contributed by atoms with E-state index in [1.165, 1.54) is 18.4 Å². The summed E-state index contributed by atoms with van der Waals surface area (Å²) >= 11 is 1.71. The van der Waals surface area contributed by atoms with Crippen LogP contribution in [0, 0.1) is 0 Å². The second-order valence-electron chi connectivity index (χ2n) is 5.00. The highest BCUT2D eigenvalue weighted by Gasteiger charge is 2.32. The van der Waals surface area contributed by atoms with Crippen molar-refractivity contribution in [1.82, 2.24) is 19.9 Å². The molecule has 0 spiro atoms. The van der Waals surface area contributed by atoms with Crippen molar-refractivity contribution in [2.75, 3.05) is 10.6 Å². The predicted octanol–water partition coefficient (Wildman–Crippen LogP) is 2.17. The highest BCUT2D eigenvalue weighted by atomic mass is 32.1. The number of thiophene rings is 1. The van der Waals surface area contributed by atoms with Crippen LogP contribution in [-0.2, 0) is 6.54 Å². The van der Waals surface area contributed by atoms with Gasteiger partial charge in [-0.1, -0.05) is 0 Å². The van der Waals surface area contributed by atoms with E-state index in [0.29, 0.717) is 11.7 Å². The van der Waals surface area contributed by atoms with Crippen LogP contribution in [0.4, 0.5) is 11.8 Å². The van der Waals surface area contributed by atoms with Gasteiger partial charge in [-0.25, -0.2) is 4.98 Å². The predicted molar refractivity (Wildman–Crippen MR) is 79.6 cm³/mol. The van der Waals surface area contributed by atoms with Crippen LogP contribution >= 0.6 is 11.3 Å². The lowest BCUT2D eigenvalue weighted by molar-refractivity contribution is 0.783. The molecule has 1 aliphatic rings. The van der Waals surface area contributed by atoms with Crippen molar-refractivity contribution in [3.63, 3.8) is 0 Å². The Morgan fingerprint density at radius 2 is 2.30 bits per heavy atom. The molecule has 0 atom stereocenters. The molecule has 3 N–H and O–H groups in total. The van der Waals surface area contributed by atoms with E-state index in [9.17, 15) is 0 Å². The van der Waals surface area contributed by atoms with E-state index in [-0.39, 0.29) is 5.95 Å². The van der Waals surface area contributed by atoms with Crippen molar-refractivity contribution >= 4 is 34.3 Å². The Morgan fingerprint density at radius 1 is 1.40 bits per heavy atom. The van der Waals surface area contributed by atoms with Crippen molar-refractivity contribution < 1.29 is 0 Å². The first-order valence-electron chi connectivity index (χ1n) is 6.55. The fraction of sp³-hybridized carbons (Fsp3) is 0.308. The van der Waals surface area contributed by atoms with E-state index >= 15 is 0 Å². The molecule has 7 heteroatoms. The molecular formula is C13H14N6S. The number of aromatic amines is 1. The fourth-order valence-corrected chi connectivity index (χ4v) is 3.04. The molecule has 102 valence electrons. The molecule has 1 aliphatic carbocycles. The topological polar surface area (TPSA) is 83.7 Å². The van der Waals surface area contributed by atoms with Crippen molar-refractivity contribution in [3.05, 3.63) is 28.7 Å². The number of anilines is 2. The van der Waals surface area contributed by atoms with Gasteiger partial charge in [0, 0.05) is 12.6 Å². The number of aromatic nitrogens is 4. The van der Waals surface area contributed by atoms with E-state index in [1.807, 2.05) is 0 Å². The third kappa shape index (κ3) is 2.00. The fourth-order valence-electron chi connectivity index (χ4n) is 2.38. The number of rotatable bonds is 4. The zero-order chi connectivity index (χ0) is 13.5. The molecule has 0 aromatic carbocycles. The normalized spacial score (nSPS) is 14.8. The summed E-state index contributed by atoms with van der Waals surface area (Å²) in [7, 11) is 0. The molecule has 3 aromatic heterocycles. The van der Waals surface area contributed by atoms with Gasteiger partial charge in [0.1, 0.15) is 5.52 Å². The van der Waals surface area contributed by atoms with Gasteiger partial charge in [0.15, 0.2) is 11.5 Å². The molecule has 0 aliphatic heterocycles. The molecule has 0 bridgehead atoms. The molecule has 0 saturated heterocycles. The number of hydrogen-bond donors (Lipinski definition) is 2. The smallest absolute Gasteiger partial charge is 0.224 e. The molecule has 0 radical (unpaired) electrons. The number of imidazole rings is 1. The lowest BCUT2D eigenvalue weighted by atomic mass is 10.3. The number of nitrogens with zero attached hydrogens (tertiary/aromatic N) is 4. The molecule has 3 aromatic rings. The van der Waals surface area contributed by atoms with Gasteiger partial charge in [-0.3, -0.25) is 0 Å². The van der Waals surface area contributed by atoms with Gasteiger partial charge in [-0.2, -0.15) is 21.3 Å². The quantitative estimate of drug-likeness (QED) is 0.768. The maximum Gasteiger partial charge on any atom is 0.224 e. The van der Waals surface area contributed by atoms with Gasteiger partial charge in [0.25, 0.3) is 0 Å². The summed E-state index contributed by atoms with van der Waals surface area (Å²) in [4.78, 5) is 18.2. The SMILES string of the molecule is Nc1nc(N(Cc2ccsc2)C2CC2)c2[nH]cnc2n1. The molecule has 3 heterocycles. The van der Waals surface area contributed by atoms with Gasteiger partial charge in [-0.05, 0) is 35.2 Å².